The van der Waals surface area contributed by atoms with E-state index in [4.69, 9.17) is 5.73 Å². The fourth-order valence-corrected chi connectivity index (χ4v) is 1.92. The number of nitrogen functional groups attached to an aromatic ring is 1. The van der Waals surface area contributed by atoms with E-state index in [0.717, 1.165) is 10.7 Å². The molecule has 0 amide bonds. The minimum atomic E-state index is -0.206. The number of hydrogen-bond donors (Lipinski definition) is 1. The van der Waals surface area contributed by atoms with E-state index in [1.807, 2.05) is 12.3 Å². The Morgan fingerprint density at radius 3 is 3.00 bits per heavy atom. The number of anilines is 1. The first kappa shape index (κ1) is 9.85. The second-order valence-electron chi connectivity index (χ2n) is 3.17. The molecule has 2 rings (SSSR count). The molecule has 2 heterocycles. The summed E-state index contributed by atoms with van der Waals surface area (Å²) in [6.07, 6.45) is 1.46. The molecular weight excluding hydrogens is 212 g/mol. The van der Waals surface area contributed by atoms with E-state index >= 15 is 0 Å². The molecule has 0 atom stereocenters. The van der Waals surface area contributed by atoms with Crippen molar-refractivity contribution < 1.29 is 0 Å². The van der Waals surface area contributed by atoms with Crippen LogP contribution < -0.4 is 11.3 Å². The van der Waals surface area contributed by atoms with E-state index in [-0.39, 0.29) is 5.56 Å². The average Bonchev–Trinajstić information content (AvgIpc) is 2.56. The summed E-state index contributed by atoms with van der Waals surface area (Å²) in [5.74, 6) is 0. The molecule has 2 N–H and O–H groups in total. The molecule has 0 aliphatic carbocycles. The lowest BCUT2D eigenvalue weighted by Crippen LogP contribution is -2.22. The maximum absolute atomic E-state index is 11.4. The van der Waals surface area contributed by atoms with Gasteiger partial charge in [0.05, 0.1) is 18.4 Å². The van der Waals surface area contributed by atoms with Gasteiger partial charge in [0.15, 0.2) is 0 Å². The maximum atomic E-state index is 11.4. The molecule has 0 bridgehead atoms. The van der Waals surface area contributed by atoms with E-state index in [9.17, 15) is 4.79 Å². The number of thiazole rings is 1. The Balaban J connectivity index is 2.28. The molecule has 0 aliphatic rings. The molecule has 5 nitrogen and oxygen atoms in total. The maximum Gasteiger partial charge on any atom is 0.269 e. The van der Waals surface area contributed by atoms with Crippen molar-refractivity contribution in [2.24, 2.45) is 0 Å². The molecule has 15 heavy (non-hydrogen) atoms. The Hall–Kier alpha value is -1.69. The van der Waals surface area contributed by atoms with Gasteiger partial charge in [0.2, 0.25) is 0 Å². The lowest BCUT2D eigenvalue weighted by molar-refractivity contribution is 0.637. The number of rotatable bonds is 2. The minimum absolute atomic E-state index is 0.206. The number of aromatic nitrogens is 3. The molecule has 0 saturated heterocycles. The first-order valence-corrected chi connectivity index (χ1v) is 5.27. The number of nitrogens with zero attached hydrogens (tertiary/aromatic N) is 3. The molecule has 2 aromatic heterocycles. The van der Waals surface area contributed by atoms with Crippen LogP contribution in [0.2, 0.25) is 0 Å². The molecule has 0 fully saturated rings. The zero-order chi connectivity index (χ0) is 10.8. The van der Waals surface area contributed by atoms with Gasteiger partial charge in [-0.25, -0.2) is 9.67 Å². The van der Waals surface area contributed by atoms with Gasteiger partial charge in [-0.3, -0.25) is 4.79 Å². The summed E-state index contributed by atoms with van der Waals surface area (Å²) in [5, 5.41) is 6.74. The Morgan fingerprint density at radius 1 is 1.60 bits per heavy atom. The zero-order valence-electron chi connectivity index (χ0n) is 8.17. The topological polar surface area (TPSA) is 73.8 Å². The summed E-state index contributed by atoms with van der Waals surface area (Å²) in [4.78, 5) is 15.7. The number of hydrogen-bond acceptors (Lipinski definition) is 5. The molecule has 0 radical (unpaired) electrons. The molecule has 6 heteroatoms. The van der Waals surface area contributed by atoms with Gasteiger partial charge in [0, 0.05) is 17.1 Å². The molecule has 0 saturated carbocycles. The second kappa shape index (κ2) is 3.82. The largest absolute Gasteiger partial charge is 0.397 e. The van der Waals surface area contributed by atoms with Crippen LogP contribution in [0, 0.1) is 6.92 Å². The average molecular weight is 222 g/mol. The van der Waals surface area contributed by atoms with Gasteiger partial charge in [-0.15, -0.1) is 11.3 Å². The van der Waals surface area contributed by atoms with Crippen LogP contribution in [-0.4, -0.2) is 14.8 Å². The number of aryl methyl sites for hydroxylation is 1. The van der Waals surface area contributed by atoms with Gasteiger partial charge >= 0.3 is 0 Å². The van der Waals surface area contributed by atoms with Crippen LogP contribution >= 0.6 is 11.3 Å². The van der Waals surface area contributed by atoms with Crippen LogP contribution in [0.4, 0.5) is 5.69 Å². The third kappa shape index (κ3) is 2.21. The van der Waals surface area contributed by atoms with Crippen molar-refractivity contribution in [2.75, 3.05) is 5.73 Å². The highest BCUT2D eigenvalue weighted by Crippen LogP contribution is 2.08. The molecule has 78 valence electrons. The number of nitrogens with two attached hydrogens (primary N) is 1. The normalized spacial score (nSPS) is 10.5. The Labute approximate surface area is 90.2 Å². The van der Waals surface area contributed by atoms with Crippen molar-refractivity contribution in [1.82, 2.24) is 14.8 Å². The van der Waals surface area contributed by atoms with Crippen molar-refractivity contribution in [1.29, 1.82) is 0 Å². The van der Waals surface area contributed by atoms with Crippen molar-refractivity contribution >= 4 is 17.0 Å². The van der Waals surface area contributed by atoms with E-state index in [2.05, 4.69) is 10.1 Å². The zero-order valence-corrected chi connectivity index (χ0v) is 8.99. The molecule has 0 aliphatic heterocycles. The highest BCUT2D eigenvalue weighted by atomic mass is 32.1. The van der Waals surface area contributed by atoms with Crippen LogP contribution in [0.25, 0.3) is 0 Å². The standard InChI is InChI=1S/C9H10N4OS/c1-6-5-15-8(12-6)4-13-9(14)2-7(10)3-11-13/h2-3,5H,4,10H2,1H3. The molecule has 0 unspecified atom stereocenters. The van der Waals surface area contributed by atoms with Crippen LogP contribution in [0.1, 0.15) is 10.7 Å². The van der Waals surface area contributed by atoms with Gasteiger partial charge < -0.3 is 5.73 Å². The van der Waals surface area contributed by atoms with Crippen molar-refractivity contribution in [2.45, 2.75) is 13.5 Å². The van der Waals surface area contributed by atoms with Crippen molar-refractivity contribution in [3.05, 3.63) is 38.7 Å². The highest BCUT2D eigenvalue weighted by Gasteiger charge is 2.02. The minimum Gasteiger partial charge on any atom is -0.397 e. The van der Waals surface area contributed by atoms with Crippen LogP contribution in [0.5, 0.6) is 0 Å². The second-order valence-corrected chi connectivity index (χ2v) is 4.11. The monoisotopic (exact) mass is 222 g/mol. The summed E-state index contributed by atoms with van der Waals surface area (Å²) in [6.45, 7) is 2.32. The van der Waals surface area contributed by atoms with Crippen LogP contribution in [0.3, 0.4) is 0 Å². The Kier molecular flexibility index (Phi) is 2.51. The molecule has 0 spiro atoms. The molecule has 0 aromatic carbocycles. The quantitative estimate of drug-likeness (QED) is 0.809. The summed E-state index contributed by atoms with van der Waals surface area (Å²) in [7, 11) is 0. The summed E-state index contributed by atoms with van der Waals surface area (Å²) < 4.78 is 1.34. The summed E-state index contributed by atoms with van der Waals surface area (Å²) in [6, 6.07) is 1.35. The van der Waals surface area contributed by atoms with Crippen molar-refractivity contribution in [3.63, 3.8) is 0 Å². The first-order valence-electron chi connectivity index (χ1n) is 4.39. The molecule has 2 aromatic rings. The van der Waals surface area contributed by atoms with Gasteiger partial charge in [0.25, 0.3) is 5.56 Å². The van der Waals surface area contributed by atoms with E-state index in [0.29, 0.717) is 12.2 Å². The van der Waals surface area contributed by atoms with Crippen molar-refractivity contribution in [3.8, 4) is 0 Å². The highest BCUT2D eigenvalue weighted by molar-refractivity contribution is 7.09. The van der Waals surface area contributed by atoms with E-state index in [1.165, 1.54) is 28.3 Å². The van der Waals surface area contributed by atoms with Crippen LogP contribution in [-0.2, 0) is 6.54 Å². The van der Waals surface area contributed by atoms with Gasteiger partial charge in [-0.05, 0) is 6.92 Å². The lowest BCUT2D eigenvalue weighted by atomic mass is 10.5. The van der Waals surface area contributed by atoms with E-state index < -0.39 is 0 Å². The Bertz CT molecular complexity index is 531. The van der Waals surface area contributed by atoms with Gasteiger partial charge in [0.1, 0.15) is 5.01 Å². The first-order chi connectivity index (χ1) is 7.15. The summed E-state index contributed by atoms with van der Waals surface area (Å²) in [5.41, 5.74) is 6.57. The van der Waals surface area contributed by atoms with Gasteiger partial charge in [-0.2, -0.15) is 5.10 Å². The van der Waals surface area contributed by atoms with Gasteiger partial charge in [-0.1, -0.05) is 0 Å². The third-order valence-electron chi connectivity index (χ3n) is 1.84. The van der Waals surface area contributed by atoms with Crippen LogP contribution in [0.15, 0.2) is 22.4 Å². The SMILES string of the molecule is Cc1csc(Cn2ncc(N)cc2=O)n1. The fourth-order valence-electron chi connectivity index (χ4n) is 1.17. The summed E-state index contributed by atoms with van der Waals surface area (Å²) >= 11 is 1.52. The fraction of sp³-hybridized carbons (Fsp3) is 0.222. The lowest BCUT2D eigenvalue weighted by Gasteiger charge is -2.00. The molecular formula is C9H10N4OS. The predicted octanol–water partition coefficient (Wildman–Crippen LogP) is 0.639. The van der Waals surface area contributed by atoms with E-state index in [1.54, 1.807) is 0 Å². The third-order valence-corrected chi connectivity index (χ3v) is 2.79. The predicted molar refractivity (Wildman–Crippen MR) is 58.9 cm³/mol. The smallest absolute Gasteiger partial charge is 0.269 e. The Morgan fingerprint density at radius 2 is 2.40 bits per heavy atom.